The number of anilines is 2. The summed E-state index contributed by atoms with van der Waals surface area (Å²) in [5.41, 5.74) is 4.10. The Kier molecular flexibility index (Phi) is 8.23. The summed E-state index contributed by atoms with van der Waals surface area (Å²) in [5, 5.41) is 18.1. The van der Waals surface area contributed by atoms with Crippen LogP contribution >= 0.6 is 0 Å². The maximum absolute atomic E-state index is 12.7. The molecule has 1 amide bonds. The Morgan fingerprint density at radius 1 is 0.943 bits per heavy atom. The standard InChI is InChI=1S/C27H36N4O4/c1-19-3-5-21(6-4-19)28-23-13-15-30(16-14-23)27(32)18-35-25-10-7-22(8-11-25)29-24-9-12-26(31(33)34)20(2)17-24/h3-6,9,12,17,22-23,25,28-29H,7-8,10-11,13-16,18H2,1-2H3. The molecular formula is C27H36N4O4. The van der Waals surface area contributed by atoms with E-state index >= 15 is 0 Å². The fourth-order valence-electron chi connectivity index (χ4n) is 5.00. The van der Waals surface area contributed by atoms with E-state index < -0.39 is 0 Å². The average Bonchev–Trinajstić information content (AvgIpc) is 2.85. The number of carbonyl (C=O) groups excluding carboxylic acids is 1. The van der Waals surface area contributed by atoms with Crippen molar-refractivity contribution in [3.8, 4) is 0 Å². The summed E-state index contributed by atoms with van der Waals surface area (Å²) in [6, 6.07) is 14.3. The molecule has 0 unspecified atom stereocenters. The van der Waals surface area contributed by atoms with Crippen LogP contribution in [0.2, 0.25) is 0 Å². The first-order valence-corrected chi connectivity index (χ1v) is 12.6. The van der Waals surface area contributed by atoms with Crippen molar-refractivity contribution >= 4 is 23.0 Å². The van der Waals surface area contributed by atoms with E-state index in [1.807, 2.05) is 11.0 Å². The number of piperidine rings is 1. The maximum atomic E-state index is 12.7. The molecule has 0 aromatic heterocycles. The van der Waals surface area contributed by atoms with Gasteiger partial charge in [-0.15, -0.1) is 0 Å². The first kappa shape index (κ1) is 25.0. The van der Waals surface area contributed by atoms with Gasteiger partial charge in [0.15, 0.2) is 0 Å². The topological polar surface area (TPSA) is 96.7 Å². The van der Waals surface area contributed by atoms with Gasteiger partial charge in [0, 0.05) is 48.2 Å². The summed E-state index contributed by atoms with van der Waals surface area (Å²) in [7, 11) is 0. The van der Waals surface area contributed by atoms with Crippen LogP contribution in [0.5, 0.6) is 0 Å². The molecular weight excluding hydrogens is 444 g/mol. The summed E-state index contributed by atoms with van der Waals surface area (Å²) in [5.74, 6) is 0.0837. The van der Waals surface area contributed by atoms with E-state index in [0.29, 0.717) is 17.6 Å². The molecule has 4 rings (SSSR count). The van der Waals surface area contributed by atoms with E-state index in [9.17, 15) is 14.9 Å². The van der Waals surface area contributed by atoms with Crippen molar-refractivity contribution < 1.29 is 14.5 Å². The van der Waals surface area contributed by atoms with Gasteiger partial charge < -0.3 is 20.3 Å². The number of nitrogens with zero attached hydrogens (tertiary/aromatic N) is 2. The Labute approximate surface area is 207 Å². The highest BCUT2D eigenvalue weighted by molar-refractivity contribution is 5.77. The second kappa shape index (κ2) is 11.5. The Morgan fingerprint density at radius 2 is 1.54 bits per heavy atom. The van der Waals surface area contributed by atoms with Gasteiger partial charge in [-0.3, -0.25) is 14.9 Å². The van der Waals surface area contributed by atoms with Crippen molar-refractivity contribution in [1.29, 1.82) is 0 Å². The van der Waals surface area contributed by atoms with Crippen LogP contribution in [0, 0.1) is 24.0 Å². The van der Waals surface area contributed by atoms with Crippen LogP contribution in [0.15, 0.2) is 42.5 Å². The van der Waals surface area contributed by atoms with Gasteiger partial charge >= 0.3 is 0 Å². The fourth-order valence-corrected chi connectivity index (χ4v) is 5.00. The number of benzene rings is 2. The first-order valence-electron chi connectivity index (χ1n) is 12.6. The largest absolute Gasteiger partial charge is 0.382 e. The predicted molar refractivity (Wildman–Crippen MR) is 138 cm³/mol. The second-order valence-corrected chi connectivity index (χ2v) is 9.85. The number of rotatable bonds is 8. The normalized spacial score (nSPS) is 20.9. The Balaban J connectivity index is 1.14. The van der Waals surface area contributed by atoms with E-state index in [2.05, 4.69) is 41.8 Å². The number of hydrogen-bond donors (Lipinski definition) is 2. The third-order valence-electron chi connectivity index (χ3n) is 7.15. The van der Waals surface area contributed by atoms with Gasteiger partial charge in [0.05, 0.1) is 11.0 Å². The summed E-state index contributed by atoms with van der Waals surface area (Å²) in [6.45, 7) is 5.52. The third-order valence-corrected chi connectivity index (χ3v) is 7.15. The summed E-state index contributed by atoms with van der Waals surface area (Å²) in [6.07, 6.45) is 5.70. The molecule has 8 heteroatoms. The molecule has 2 N–H and O–H groups in total. The molecule has 0 radical (unpaired) electrons. The van der Waals surface area contributed by atoms with Crippen molar-refractivity contribution in [2.24, 2.45) is 0 Å². The lowest BCUT2D eigenvalue weighted by molar-refractivity contribution is -0.385. The molecule has 1 saturated carbocycles. The quantitative estimate of drug-likeness (QED) is 0.405. The van der Waals surface area contributed by atoms with E-state index in [1.54, 1.807) is 19.1 Å². The Hall–Kier alpha value is -3.13. The van der Waals surface area contributed by atoms with E-state index in [1.165, 1.54) is 5.56 Å². The zero-order valence-electron chi connectivity index (χ0n) is 20.7. The van der Waals surface area contributed by atoms with Gasteiger partial charge in [-0.25, -0.2) is 0 Å². The number of hydrogen-bond acceptors (Lipinski definition) is 6. The van der Waals surface area contributed by atoms with Gasteiger partial charge in [0.25, 0.3) is 5.69 Å². The molecule has 2 aliphatic rings. The number of carbonyl (C=O) groups is 1. The minimum atomic E-state index is -0.354. The van der Waals surface area contributed by atoms with Crippen LogP contribution < -0.4 is 10.6 Å². The molecule has 1 saturated heterocycles. The minimum Gasteiger partial charge on any atom is -0.382 e. The molecule has 8 nitrogen and oxygen atoms in total. The third kappa shape index (κ3) is 6.94. The number of nitro benzene ring substituents is 1. The van der Waals surface area contributed by atoms with Crippen LogP contribution in [-0.4, -0.2) is 53.6 Å². The summed E-state index contributed by atoms with van der Waals surface area (Å²) < 4.78 is 5.98. The number of likely N-dealkylation sites (tertiary alicyclic amines) is 1. The first-order chi connectivity index (χ1) is 16.9. The second-order valence-electron chi connectivity index (χ2n) is 9.85. The van der Waals surface area contributed by atoms with Crippen molar-refractivity contribution in [2.75, 3.05) is 30.3 Å². The zero-order chi connectivity index (χ0) is 24.8. The molecule has 1 aliphatic carbocycles. The number of amides is 1. The van der Waals surface area contributed by atoms with Crippen LogP contribution in [-0.2, 0) is 9.53 Å². The lowest BCUT2D eigenvalue weighted by Gasteiger charge is -2.34. The highest BCUT2D eigenvalue weighted by atomic mass is 16.6. The fraction of sp³-hybridized carbons (Fsp3) is 0.519. The lowest BCUT2D eigenvalue weighted by Crippen LogP contribution is -2.44. The molecule has 2 aromatic carbocycles. The summed E-state index contributed by atoms with van der Waals surface area (Å²) >= 11 is 0. The van der Waals surface area contributed by atoms with E-state index in [-0.39, 0.29) is 29.2 Å². The molecule has 35 heavy (non-hydrogen) atoms. The van der Waals surface area contributed by atoms with Crippen molar-refractivity contribution in [1.82, 2.24) is 4.90 Å². The van der Waals surface area contributed by atoms with Crippen molar-refractivity contribution in [3.05, 3.63) is 63.7 Å². The van der Waals surface area contributed by atoms with Crippen molar-refractivity contribution in [3.63, 3.8) is 0 Å². The maximum Gasteiger partial charge on any atom is 0.272 e. The predicted octanol–water partition coefficient (Wildman–Crippen LogP) is 5.05. The minimum absolute atomic E-state index is 0.0837. The monoisotopic (exact) mass is 480 g/mol. The van der Waals surface area contributed by atoms with Gasteiger partial charge in [-0.2, -0.15) is 0 Å². The molecule has 2 fully saturated rings. The van der Waals surface area contributed by atoms with Gasteiger partial charge in [-0.05, 0) is 76.6 Å². The van der Waals surface area contributed by atoms with Gasteiger partial charge in [0.2, 0.25) is 5.91 Å². The number of nitrogens with one attached hydrogen (secondary N) is 2. The van der Waals surface area contributed by atoms with Crippen LogP contribution in [0.3, 0.4) is 0 Å². The molecule has 1 heterocycles. The number of aryl methyl sites for hydroxylation is 2. The highest BCUT2D eigenvalue weighted by Gasteiger charge is 2.26. The zero-order valence-corrected chi connectivity index (χ0v) is 20.7. The van der Waals surface area contributed by atoms with Crippen molar-refractivity contribution in [2.45, 2.75) is 70.6 Å². The molecule has 188 valence electrons. The SMILES string of the molecule is Cc1ccc(NC2CCN(C(=O)COC3CCC(Nc4ccc([N+](=O)[O-])c(C)c4)CC3)CC2)cc1. The van der Waals surface area contributed by atoms with Gasteiger partial charge in [0.1, 0.15) is 6.61 Å². The number of ether oxygens (including phenoxy) is 1. The Morgan fingerprint density at radius 3 is 2.17 bits per heavy atom. The molecule has 0 atom stereocenters. The molecule has 2 aromatic rings. The van der Waals surface area contributed by atoms with Crippen LogP contribution in [0.1, 0.15) is 49.7 Å². The van der Waals surface area contributed by atoms with Crippen LogP contribution in [0.4, 0.5) is 17.1 Å². The average molecular weight is 481 g/mol. The lowest BCUT2D eigenvalue weighted by atomic mass is 9.92. The number of nitro groups is 1. The molecule has 1 aliphatic heterocycles. The molecule has 0 bridgehead atoms. The smallest absolute Gasteiger partial charge is 0.272 e. The highest BCUT2D eigenvalue weighted by Crippen LogP contribution is 2.27. The summed E-state index contributed by atoms with van der Waals surface area (Å²) in [4.78, 5) is 25.3. The van der Waals surface area contributed by atoms with Gasteiger partial charge in [-0.1, -0.05) is 17.7 Å². The van der Waals surface area contributed by atoms with E-state index in [0.717, 1.165) is 63.0 Å². The molecule has 0 spiro atoms. The van der Waals surface area contributed by atoms with E-state index in [4.69, 9.17) is 4.74 Å². The Bertz CT molecular complexity index is 1010. The van der Waals surface area contributed by atoms with Crippen LogP contribution in [0.25, 0.3) is 0 Å².